The number of hydrogen-bond acceptors (Lipinski definition) is 6. The number of aliphatic hydroxyl groups excluding tert-OH is 2. The third kappa shape index (κ3) is 3.02. The van der Waals surface area contributed by atoms with Crippen LogP contribution in [-0.4, -0.2) is 47.5 Å². The number of ether oxygens (including phenoxy) is 4. The molecule has 6 heteroatoms. The van der Waals surface area contributed by atoms with E-state index >= 15 is 0 Å². The van der Waals surface area contributed by atoms with Gasteiger partial charge in [-0.05, 0) is 6.92 Å². The highest BCUT2D eigenvalue weighted by Crippen LogP contribution is 2.34. The summed E-state index contributed by atoms with van der Waals surface area (Å²) in [4.78, 5) is 0. The fourth-order valence-corrected chi connectivity index (χ4v) is 2.63. The summed E-state index contributed by atoms with van der Waals surface area (Å²) in [6, 6.07) is 9.45. The van der Waals surface area contributed by atoms with Crippen LogP contribution in [0.25, 0.3) is 0 Å². The van der Waals surface area contributed by atoms with Gasteiger partial charge in [-0.15, -0.1) is 0 Å². The second kappa shape index (κ2) is 6.76. The molecule has 22 heavy (non-hydrogen) atoms. The Morgan fingerprint density at radius 1 is 1.14 bits per heavy atom. The molecule has 1 aromatic carbocycles. The molecule has 0 bridgehead atoms. The van der Waals surface area contributed by atoms with E-state index in [-0.39, 0.29) is 6.61 Å². The fourth-order valence-electron chi connectivity index (χ4n) is 2.63. The molecule has 6 unspecified atom stereocenters. The van der Waals surface area contributed by atoms with E-state index in [1.54, 1.807) is 13.0 Å². The van der Waals surface area contributed by atoms with Crippen LogP contribution in [0.1, 0.15) is 18.8 Å². The first-order valence-electron chi connectivity index (χ1n) is 7.31. The van der Waals surface area contributed by atoms with E-state index in [4.69, 9.17) is 18.9 Å². The molecule has 0 spiro atoms. The Bertz CT molecular complexity index is 503. The van der Waals surface area contributed by atoms with Crippen LogP contribution in [0, 0.1) is 0 Å². The molecule has 2 fully saturated rings. The number of hydrogen-bond donors (Lipinski definition) is 2. The zero-order valence-corrected chi connectivity index (χ0v) is 12.2. The topological polar surface area (TPSA) is 77.4 Å². The molecule has 6 nitrogen and oxygen atoms in total. The summed E-state index contributed by atoms with van der Waals surface area (Å²) in [6.45, 7) is 2.04. The molecular formula is C16H20O6. The molecular weight excluding hydrogens is 288 g/mol. The predicted octanol–water partition coefficient (Wildman–Crippen LogP) is 1.10. The van der Waals surface area contributed by atoms with Gasteiger partial charge in [0.05, 0.1) is 12.9 Å². The SMILES string of the molecule is C/C=C/OC1OC2COC(c3ccccc3)OC2C(O)C1O. The molecule has 2 N–H and O–H groups in total. The van der Waals surface area contributed by atoms with Crippen molar-refractivity contribution >= 4 is 0 Å². The second-order valence-electron chi connectivity index (χ2n) is 5.31. The van der Waals surface area contributed by atoms with Gasteiger partial charge in [-0.3, -0.25) is 0 Å². The molecule has 0 aromatic heterocycles. The molecule has 0 saturated carbocycles. The Labute approximate surface area is 128 Å². The van der Waals surface area contributed by atoms with Crippen LogP contribution >= 0.6 is 0 Å². The smallest absolute Gasteiger partial charge is 0.228 e. The molecule has 6 atom stereocenters. The van der Waals surface area contributed by atoms with Crippen LogP contribution < -0.4 is 0 Å². The average molecular weight is 308 g/mol. The first kappa shape index (κ1) is 15.5. The van der Waals surface area contributed by atoms with Gasteiger partial charge in [0, 0.05) is 5.56 Å². The highest BCUT2D eigenvalue weighted by molar-refractivity contribution is 5.16. The van der Waals surface area contributed by atoms with Crippen LogP contribution in [0.3, 0.4) is 0 Å². The molecule has 1 aromatic rings. The van der Waals surface area contributed by atoms with Crippen molar-refractivity contribution in [3.63, 3.8) is 0 Å². The minimum atomic E-state index is -1.19. The van der Waals surface area contributed by atoms with Crippen molar-refractivity contribution in [3.8, 4) is 0 Å². The summed E-state index contributed by atoms with van der Waals surface area (Å²) in [5.41, 5.74) is 0.856. The monoisotopic (exact) mass is 308 g/mol. The molecule has 0 amide bonds. The number of aliphatic hydroxyl groups is 2. The summed E-state index contributed by atoms with van der Waals surface area (Å²) in [5.74, 6) is 0. The third-order valence-electron chi connectivity index (χ3n) is 3.75. The molecule has 2 saturated heterocycles. The van der Waals surface area contributed by atoms with E-state index < -0.39 is 37.0 Å². The first-order valence-corrected chi connectivity index (χ1v) is 7.31. The molecule has 2 aliphatic rings. The Morgan fingerprint density at radius 3 is 2.64 bits per heavy atom. The van der Waals surface area contributed by atoms with Crippen molar-refractivity contribution in [2.24, 2.45) is 0 Å². The maximum atomic E-state index is 10.3. The standard InChI is InChI=1S/C16H20O6/c1-2-8-19-16-13(18)12(17)14-11(21-16)9-20-15(22-14)10-6-4-3-5-7-10/h2-8,11-18H,9H2,1H3/b8-2+. The Kier molecular flexibility index (Phi) is 4.75. The van der Waals surface area contributed by atoms with Crippen LogP contribution in [0.4, 0.5) is 0 Å². The van der Waals surface area contributed by atoms with E-state index in [0.29, 0.717) is 0 Å². The predicted molar refractivity (Wildman–Crippen MR) is 76.6 cm³/mol. The summed E-state index contributed by atoms with van der Waals surface area (Å²) >= 11 is 0. The largest absolute Gasteiger partial charge is 0.470 e. The summed E-state index contributed by atoms with van der Waals surface area (Å²) in [6.07, 6.45) is -1.88. The van der Waals surface area contributed by atoms with Crippen molar-refractivity contribution in [2.75, 3.05) is 6.61 Å². The van der Waals surface area contributed by atoms with Crippen molar-refractivity contribution in [1.29, 1.82) is 0 Å². The number of allylic oxidation sites excluding steroid dienone is 1. The van der Waals surface area contributed by atoms with Crippen molar-refractivity contribution in [1.82, 2.24) is 0 Å². The Morgan fingerprint density at radius 2 is 1.91 bits per heavy atom. The molecule has 120 valence electrons. The van der Waals surface area contributed by atoms with E-state index in [9.17, 15) is 10.2 Å². The van der Waals surface area contributed by atoms with Gasteiger partial charge >= 0.3 is 0 Å². The maximum Gasteiger partial charge on any atom is 0.228 e. The number of benzene rings is 1. The van der Waals surface area contributed by atoms with E-state index in [1.165, 1.54) is 6.26 Å². The Balaban J connectivity index is 1.70. The minimum Gasteiger partial charge on any atom is -0.470 e. The van der Waals surface area contributed by atoms with Gasteiger partial charge in [0.1, 0.15) is 24.4 Å². The average Bonchev–Trinajstić information content (AvgIpc) is 2.57. The van der Waals surface area contributed by atoms with Gasteiger partial charge in [-0.1, -0.05) is 36.4 Å². The van der Waals surface area contributed by atoms with Crippen LogP contribution in [0.5, 0.6) is 0 Å². The van der Waals surface area contributed by atoms with E-state index in [1.807, 2.05) is 30.3 Å². The van der Waals surface area contributed by atoms with Crippen LogP contribution in [0.2, 0.25) is 0 Å². The van der Waals surface area contributed by atoms with Crippen molar-refractivity contribution in [2.45, 2.75) is 43.9 Å². The van der Waals surface area contributed by atoms with Gasteiger partial charge in [-0.2, -0.15) is 0 Å². The fraction of sp³-hybridized carbons (Fsp3) is 0.500. The second-order valence-corrected chi connectivity index (χ2v) is 5.31. The Hall–Kier alpha value is -1.44. The quantitative estimate of drug-likeness (QED) is 0.814. The lowest BCUT2D eigenvalue weighted by Gasteiger charge is -2.45. The van der Waals surface area contributed by atoms with Crippen molar-refractivity contribution in [3.05, 3.63) is 48.2 Å². The highest BCUT2D eigenvalue weighted by Gasteiger charge is 2.49. The van der Waals surface area contributed by atoms with Gasteiger partial charge in [0.15, 0.2) is 6.29 Å². The van der Waals surface area contributed by atoms with Gasteiger partial charge in [0.25, 0.3) is 0 Å². The maximum absolute atomic E-state index is 10.3. The zero-order chi connectivity index (χ0) is 15.5. The lowest BCUT2D eigenvalue weighted by Crippen LogP contribution is -2.61. The highest BCUT2D eigenvalue weighted by atomic mass is 16.8. The van der Waals surface area contributed by atoms with E-state index in [0.717, 1.165) is 5.56 Å². The number of rotatable bonds is 3. The molecule has 0 radical (unpaired) electrons. The van der Waals surface area contributed by atoms with Crippen LogP contribution in [-0.2, 0) is 18.9 Å². The minimum absolute atomic E-state index is 0.254. The van der Waals surface area contributed by atoms with Crippen molar-refractivity contribution < 1.29 is 29.2 Å². The molecule has 0 aliphatic carbocycles. The van der Waals surface area contributed by atoms with Gasteiger partial charge in [-0.25, -0.2) is 0 Å². The number of fused-ring (bicyclic) bond motifs is 1. The van der Waals surface area contributed by atoms with Crippen LogP contribution in [0.15, 0.2) is 42.7 Å². The molecule has 2 heterocycles. The third-order valence-corrected chi connectivity index (χ3v) is 3.75. The lowest BCUT2D eigenvalue weighted by molar-refractivity contribution is -0.355. The summed E-state index contributed by atoms with van der Waals surface area (Å²) in [5, 5.41) is 20.4. The molecule has 3 rings (SSSR count). The van der Waals surface area contributed by atoms with Gasteiger partial charge < -0.3 is 29.2 Å². The summed E-state index contributed by atoms with van der Waals surface area (Å²) in [7, 11) is 0. The van der Waals surface area contributed by atoms with E-state index in [2.05, 4.69) is 0 Å². The first-order chi connectivity index (χ1) is 10.7. The van der Waals surface area contributed by atoms with Gasteiger partial charge in [0.2, 0.25) is 6.29 Å². The summed E-state index contributed by atoms with van der Waals surface area (Å²) < 4.78 is 22.3. The normalized spacial score (nSPS) is 38.7. The lowest BCUT2D eigenvalue weighted by atomic mass is 9.98. The molecule has 2 aliphatic heterocycles. The zero-order valence-electron chi connectivity index (χ0n) is 12.2.